The zero-order chi connectivity index (χ0) is 13.7. The first-order chi connectivity index (χ1) is 9.00. The normalized spacial score (nSPS) is 26.2. The van der Waals surface area contributed by atoms with Crippen molar-refractivity contribution >= 4 is 11.6 Å². The number of hydrogen-bond acceptors (Lipinski definition) is 3. The summed E-state index contributed by atoms with van der Waals surface area (Å²) >= 11 is 0. The van der Waals surface area contributed by atoms with Crippen LogP contribution in [0.2, 0.25) is 0 Å². The molecule has 0 saturated heterocycles. The number of allylic oxidation sites excluding steroid dienone is 2. The van der Waals surface area contributed by atoms with E-state index in [0.29, 0.717) is 18.4 Å². The molecule has 0 heterocycles. The summed E-state index contributed by atoms with van der Waals surface area (Å²) in [6.07, 6.45) is 1.30. The number of benzene rings is 1. The van der Waals surface area contributed by atoms with E-state index in [1.165, 1.54) is 17.2 Å². The van der Waals surface area contributed by atoms with Crippen LogP contribution in [0.1, 0.15) is 47.4 Å². The molecular weight excluding hydrogens is 240 g/mol. The molecule has 3 nitrogen and oxygen atoms in total. The Labute approximate surface area is 111 Å². The number of aromatic hydroxyl groups is 1. The predicted octanol–water partition coefficient (Wildman–Crippen LogP) is 3.13. The van der Waals surface area contributed by atoms with E-state index in [9.17, 15) is 14.7 Å². The lowest BCUT2D eigenvalue weighted by Gasteiger charge is -2.35. The molecule has 0 fully saturated rings. The quantitative estimate of drug-likeness (QED) is 0.725. The molecule has 0 aromatic heterocycles. The minimum Gasteiger partial charge on any atom is -0.507 e. The minimum absolute atomic E-state index is 0.00218. The highest BCUT2D eigenvalue weighted by molar-refractivity contribution is 6.17. The highest BCUT2D eigenvalue weighted by Gasteiger charge is 2.44. The summed E-state index contributed by atoms with van der Waals surface area (Å²) in [6, 6.07) is 4.74. The van der Waals surface area contributed by atoms with Crippen molar-refractivity contribution in [3.05, 3.63) is 40.5 Å². The topological polar surface area (TPSA) is 54.4 Å². The van der Waals surface area contributed by atoms with Crippen molar-refractivity contribution in [2.24, 2.45) is 11.8 Å². The zero-order valence-corrected chi connectivity index (χ0v) is 11.1. The van der Waals surface area contributed by atoms with Gasteiger partial charge in [0.15, 0.2) is 11.6 Å². The largest absolute Gasteiger partial charge is 0.507 e. The van der Waals surface area contributed by atoms with E-state index < -0.39 is 0 Å². The molecule has 3 heteroatoms. The summed E-state index contributed by atoms with van der Waals surface area (Å²) in [6.45, 7) is 4.05. The van der Waals surface area contributed by atoms with Gasteiger partial charge in [0.1, 0.15) is 5.75 Å². The molecule has 0 spiro atoms. The Kier molecular flexibility index (Phi) is 2.59. The van der Waals surface area contributed by atoms with Gasteiger partial charge in [-0.3, -0.25) is 9.59 Å². The van der Waals surface area contributed by atoms with Crippen LogP contribution in [0, 0.1) is 11.8 Å². The lowest BCUT2D eigenvalue weighted by Crippen LogP contribution is -2.38. The van der Waals surface area contributed by atoms with Crippen molar-refractivity contribution in [2.75, 3.05) is 0 Å². The third kappa shape index (κ3) is 1.65. The third-order valence-corrected chi connectivity index (χ3v) is 4.49. The Morgan fingerprint density at radius 2 is 1.58 bits per heavy atom. The molecule has 2 aliphatic carbocycles. The van der Waals surface area contributed by atoms with Gasteiger partial charge < -0.3 is 5.11 Å². The molecule has 1 N–H and O–H groups in total. The fourth-order valence-electron chi connectivity index (χ4n) is 3.23. The summed E-state index contributed by atoms with van der Waals surface area (Å²) in [7, 11) is 0. The molecule has 2 atom stereocenters. The van der Waals surface area contributed by atoms with Crippen LogP contribution in [0.15, 0.2) is 29.3 Å². The second-order valence-corrected chi connectivity index (χ2v) is 5.61. The van der Waals surface area contributed by atoms with Gasteiger partial charge in [-0.05, 0) is 32.8 Å². The second kappa shape index (κ2) is 4.05. The van der Waals surface area contributed by atoms with E-state index >= 15 is 0 Å². The Morgan fingerprint density at radius 3 is 2.21 bits per heavy atom. The molecule has 0 radical (unpaired) electrons. The smallest absolute Gasteiger partial charge is 0.171 e. The molecule has 0 bridgehead atoms. The van der Waals surface area contributed by atoms with Gasteiger partial charge in [-0.15, -0.1) is 0 Å². The van der Waals surface area contributed by atoms with E-state index in [-0.39, 0.29) is 34.7 Å². The van der Waals surface area contributed by atoms with Crippen LogP contribution in [-0.2, 0) is 0 Å². The summed E-state index contributed by atoms with van der Waals surface area (Å²) in [5.41, 5.74) is 3.02. The van der Waals surface area contributed by atoms with Gasteiger partial charge in [0.25, 0.3) is 0 Å². The minimum atomic E-state index is -0.294. The molecule has 98 valence electrons. The highest BCUT2D eigenvalue weighted by Crippen LogP contribution is 2.43. The highest BCUT2D eigenvalue weighted by atomic mass is 16.3. The maximum absolute atomic E-state index is 12.5. The number of phenols is 1. The number of ketones is 2. The van der Waals surface area contributed by atoms with Gasteiger partial charge in [-0.1, -0.05) is 23.3 Å². The lowest BCUT2D eigenvalue weighted by molar-refractivity contribution is 0.0718. The molecular formula is C16H16O3. The van der Waals surface area contributed by atoms with Crippen LogP contribution in [-0.4, -0.2) is 16.7 Å². The maximum atomic E-state index is 12.5. The van der Waals surface area contributed by atoms with Gasteiger partial charge in [-0.2, -0.15) is 0 Å². The molecule has 0 amide bonds. The molecule has 0 unspecified atom stereocenters. The molecule has 2 aliphatic rings. The molecule has 3 rings (SSSR count). The summed E-state index contributed by atoms with van der Waals surface area (Å²) < 4.78 is 0. The third-order valence-electron chi connectivity index (χ3n) is 4.49. The first-order valence-corrected chi connectivity index (χ1v) is 6.56. The van der Waals surface area contributed by atoms with Gasteiger partial charge in [0.05, 0.1) is 5.56 Å². The number of phenolic OH excluding ortho intramolecular Hbond substituents is 1. The molecule has 0 aliphatic heterocycles. The van der Waals surface area contributed by atoms with Crippen molar-refractivity contribution in [3.63, 3.8) is 0 Å². The summed E-state index contributed by atoms with van der Waals surface area (Å²) in [4.78, 5) is 25.0. The number of carbonyl (C=O) groups is 2. The van der Waals surface area contributed by atoms with Crippen LogP contribution < -0.4 is 0 Å². The second-order valence-electron chi connectivity index (χ2n) is 5.61. The van der Waals surface area contributed by atoms with E-state index in [1.807, 2.05) is 13.8 Å². The average molecular weight is 256 g/mol. The number of fused-ring (bicyclic) bond motifs is 2. The maximum Gasteiger partial charge on any atom is 0.171 e. The first kappa shape index (κ1) is 12.2. The molecule has 1 aromatic carbocycles. The van der Waals surface area contributed by atoms with E-state index in [4.69, 9.17) is 0 Å². The van der Waals surface area contributed by atoms with E-state index in [2.05, 4.69) is 0 Å². The predicted molar refractivity (Wildman–Crippen MR) is 71.4 cm³/mol. The molecule has 19 heavy (non-hydrogen) atoms. The van der Waals surface area contributed by atoms with Crippen molar-refractivity contribution in [1.82, 2.24) is 0 Å². The van der Waals surface area contributed by atoms with Crippen LogP contribution in [0.3, 0.4) is 0 Å². The van der Waals surface area contributed by atoms with Crippen molar-refractivity contribution in [3.8, 4) is 5.75 Å². The number of carbonyl (C=O) groups excluding carboxylic acids is 2. The first-order valence-electron chi connectivity index (χ1n) is 6.56. The van der Waals surface area contributed by atoms with E-state index in [1.54, 1.807) is 12.1 Å². The Bertz CT molecular complexity index is 625. The van der Waals surface area contributed by atoms with Crippen LogP contribution in [0.4, 0.5) is 0 Å². The Morgan fingerprint density at radius 1 is 1.00 bits per heavy atom. The summed E-state index contributed by atoms with van der Waals surface area (Å²) in [5.74, 6) is -0.687. The van der Waals surface area contributed by atoms with Gasteiger partial charge in [0, 0.05) is 17.4 Å². The lowest BCUT2D eigenvalue weighted by atomic mass is 9.66. The Hall–Kier alpha value is -1.90. The van der Waals surface area contributed by atoms with E-state index in [0.717, 1.165) is 0 Å². The number of hydrogen-bond donors (Lipinski definition) is 1. The van der Waals surface area contributed by atoms with Crippen molar-refractivity contribution in [2.45, 2.75) is 26.7 Å². The van der Waals surface area contributed by atoms with Gasteiger partial charge >= 0.3 is 0 Å². The number of Topliss-reactive ketones (excluding diaryl/α,β-unsaturated/α-hetero) is 2. The summed E-state index contributed by atoms with van der Waals surface area (Å²) in [5, 5.41) is 9.87. The van der Waals surface area contributed by atoms with Crippen LogP contribution in [0.25, 0.3) is 0 Å². The molecule has 0 saturated carbocycles. The fourth-order valence-corrected chi connectivity index (χ4v) is 3.23. The fraction of sp³-hybridized carbons (Fsp3) is 0.375. The van der Waals surface area contributed by atoms with Crippen LogP contribution in [0.5, 0.6) is 5.75 Å². The Balaban J connectivity index is 2.16. The molecule has 1 aromatic rings. The average Bonchev–Trinajstić information content (AvgIpc) is 2.38. The zero-order valence-electron chi connectivity index (χ0n) is 11.1. The standard InChI is InChI=1S/C16H16O3/c1-8-6-11-12(7-9(8)2)16(19)14-10(15(11)18)4-3-5-13(14)17/h3-5,11-12,17H,6-7H2,1-2H3/t11-,12+/m1/s1. The monoisotopic (exact) mass is 256 g/mol. The van der Waals surface area contributed by atoms with Crippen molar-refractivity contribution < 1.29 is 14.7 Å². The number of rotatable bonds is 0. The van der Waals surface area contributed by atoms with Crippen molar-refractivity contribution in [1.29, 1.82) is 0 Å². The van der Waals surface area contributed by atoms with Crippen LogP contribution >= 0.6 is 0 Å². The van der Waals surface area contributed by atoms with Gasteiger partial charge in [-0.25, -0.2) is 0 Å². The van der Waals surface area contributed by atoms with Gasteiger partial charge in [0.2, 0.25) is 0 Å². The SMILES string of the molecule is CC1=C(C)C[C@H]2C(=O)c3cccc(O)c3C(=O)[C@H]2C1.